The number of carbonyl (C=O) groups is 2. The van der Waals surface area contributed by atoms with Crippen molar-refractivity contribution in [3.63, 3.8) is 0 Å². The van der Waals surface area contributed by atoms with Crippen molar-refractivity contribution < 1.29 is 14.3 Å². The molecule has 0 unspecified atom stereocenters. The Balaban J connectivity index is 1.39. The average molecular weight is 473 g/mol. The van der Waals surface area contributed by atoms with E-state index < -0.39 is 0 Å². The minimum atomic E-state index is -0.317. The molecule has 4 aliphatic carbocycles. The topological polar surface area (TPSA) is 43.4 Å². The summed E-state index contributed by atoms with van der Waals surface area (Å²) in [7, 11) is 0. The number of ether oxygens (including phenoxy) is 1. The first-order chi connectivity index (χ1) is 16.0. The molecule has 4 saturated carbocycles. The molecular formula is C31H52O3. The predicted octanol–water partition coefficient (Wildman–Crippen LogP) is 8.00. The summed E-state index contributed by atoms with van der Waals surface area (Å²) in [5.41, 5.74) is 0.968. The van der Waals surface area contributed by atoms with Crippen LogP contribution in [0.3, 0.4) is 0 Å². The highest BCUT2D eigenvalue weighted by Crippen LogP contribution is 2.68. The number of ketones is 1. The molecule has 0 bridgehead atoms. The van der Waals surface area contributed by atoms with Crippen molar-refractivity contribution in [2.75, 3.05) is 0 Å². The molecule has 34 heavy (non-hydrogen) atoms. The van der Waals surface area contributed by atoms with Gasteiger partial charge in [0.1, 0.15) is 18.3 Å². The van der Waals surface area contributed by atoms with Crippen LogP contribution in [0.25, 0.3) is 0 Å². The fourth-order valence-electron chi connectivity index (χ4n) is 9.78. The maximum absolute atomic E-state index is 12.1. The number of hydrogen-bond acceptors (Lipinski definition) is 3. The van der Waals surface area contributed by atoms with Crippen LogP contribution in [-0.4, -0.2) is 17.9 Å². The molecule has 0 aromatic rings. The quantitative estimate of drug-likeness (QED) is 0.265. The standard InChI is InChI=1S/C31H52O3/c1-20(2)8-7-9-21(3)26-12-13-27-25-11-10-23-19-24(34-29(33)18-22(4)32)14-16-30(23,5)28(25)15-17-31(26,27)6/h20-21,23-28H,7-19H2,1-6H3/t21-,23-,24-,25-,26+,27-,28-,30-,31+/m0/s1. The number of Topliss-reactive ketones (excluding diaryl/α,β-unsaturated/α-hetero) is 1. The molecule has 3 heteroatoms. The Morgan fingerprint density at radius 2 is 1.59 bits per heavy atom. The van der Waals surface area contributed by atoms with Crippen LogP contribution in [-0.2, 0) is 14.3 Å². The molecule has 0 aromatic heterocycles. The van der Waals surface area contributed by atoms with Gasteiger partial charge in [-0.05, 0) is 117 Å². The number of esters is 1. The molecule has 9 atom stereocenters. The van der Waals surface area contributed by atoms with E-state index in [1.54, 1.807) is 0 Å². The third-order valence-corrected chi connectivity index (χ3v) is 11.5. The van der Waals surface area contributed by atoms with Crippen LogP contribution in [0.1, 0.15) is 125 Å². The molecule has 0 heterocycles. The number of fused-ring (bicyclic) bond motifs is 5. The molecule has 4 fully saturated rings. The predicted molar refractivity (Wildman–Crippen MR) is 138 cm³/mol. The smallest absolute Gasteiger partial charge is 0.313 e. The van der Waals surface area contributed by atoms with E-state index in [-0.39, 0.29) is 24.3 Å². The van der Waals surface area contributed by atoms with Crippen molar-refractivity contribution in [3.8, 4) is 0 Å². The summed E-state index contributed by atoms with van der Waals surface area (Å²) >= 11 is 0. The van der Waals surface area contributed by atoms with Gasteiger partial charge in [0.15, 0.2) is 0 Å². The average Bonchev–Trinajstić information content (AvgIpc) is 3.10. The summed E-state index contributed by atoms with van der Waals surface area (Å²) in [4.78, 5) is 23.4. The first-order valence-corrected chi connectivity index (χ1v) is 14.7. The highest BCUT2D eigenvalue weighted by Gasteiger charge is 2.60. The van der Waals surface area contributed by atoms with Gasteiger partial charge in [0.05, 0.1) is 0 Å². The molecule has 0 radical (unpaired) electrons. The van der Waals surface area contributed by atoms with Gasteiger partial charge in [0, 0.05) is 0 Å². The van der Waals surface area contributed by atoms with Gasteiger partial charge in [-0.3, -0.25) is 9.59 Å². The fourth-order valence-corrected chi connectivity index (χ4v) is 9.78. The van der Waals surface area contributed by atoms with E-state index in [0.717, 1.165) is 48.3 Å². The van der Waals surface area contributed by atoms with Crippen LogP contribution in [0.2, 0.25) is 0 Å². The summed E-state index contributed by atoms with van der Waals surface area (Å²) in [6, 6.07) is 0. The molecule has 3 nitrogen and oxygen atoms in total. The number of hydrogen-bond donors (Lipinski definition) is 0. The lowest BCUT2D eigenvalue weighted by Crippen LogP contribution is -2.54. The van der Waals surface area contributed by atoms with Gasteiger partial charge in [0.2, 0.25) is 0 Å². The number of carbonyl (C=O) groups excluding carboxylic acids is 2. The van der Waals surface area contributed by atoms with Crippen LogP contribution in [0, 0.1) is 52.3 Å². The molecule has 0 N–H and O–H groups in total. The van der Waals surface area contributed by atoms with Gasteiger partial charge in [-0.25, -0.2) is 0 Å². The molecule has 0 aromatic carbocycles. The van der Waals surface area contributed by atoms with Gasteiger partial charge < -0.3 is 4.74 Å². The van der Waals surface area contributed by atoms with Crippen molar-refractivity contribution in [2.45, 2.75) is 131 Å². The van der Waals surface area contributed by atoms with E-state index >= 15 is 0 Å². The molecule has 0 saturated heterocycles. The fraction of sp³-hybridized carbons (Fsp3) is 0.935. The number of rotatable bonds is 8. The van der Waals surface area contributed by atoms with E-state index in [4.69, 9.17) is 4.74 Å². The van der Waals surface area contributed by atoms with Crippen molar-refractivity contribution in [1.29, 1.82) is 0 Å². The van der Waals surface area contributed by atoms with E-state index in [1.807, 2.05) is 0 Å². The third kappa shape index (κ3) is 5.01. The Morgan fingerprint density at radius 3 is 2.29 bits per heavy atom. The Hall–Kier alpha value is -0.860. The van der Waals surface area contributed by atoms with Crippen LogP contribution < -0.4 is 0 Å². The lowest BCUT2D eigenvalue weighted by atomic mass is 9.44. The molecule has 0 spiro atoms. The Morgan fingerprint density at radius 1 is 0.882 bits per heavy atom. The van der Waals surface area contributed by atoms with Crippen LogP contribution in [0.4, 0.5) is 0 Å². The summed E-state index contributed by atoms with van der Waals surface area (Å²) in [6.45, 7) is 14.0. The van der Waals surface area contributed by atoms with Crippen LogP contribution >= 0.6 is 0 Å². The molecule has 4 aliphatic rings. The van der Waals surface area contributed by atoms with Gasteiger partial charge >= 0.3 is 5.97 Å². The van der Waals surface area contributed by atoms with E-state index in [2.05, 4.69) is 34.6 Å². The Kier molecular flexibility index (Phi) is 7.90. The van der Waals surface area contributed by atoms with Crippen LogP contribution in [0.5, 0.6) is 0 Å². The minimum absolute atomic E-state index is 0.0258. The normalized spacial score (nSPS) is 42.4. The summed E-state index contributed by atoms with van der Waals surface area (Å²) < 4.78 is 5.75. The first kappa shape index (κ1) is 26.2. The monoisotopic (exact) mass is 472 g/mol. The highest BCUT2D eigenvalue weighted by atomic mass is 16.5. The summed E-state index contributed by atoms with van der Waals surface area (Å²) in [5.74, 6) is 5.58. The molecule has 0 aliphatic heterocycles. The van der Waals surface area contributed by atoms with Gasteiger partial charge in [0.25, 0.3) is 0 Å². The molecule has 194 valence electrons. The maximum Gasteiger partial charge on any atom is 0.313 e. The lowest BCUT2D eigenvalue weighted by molar-refractivity contribution is -0.163. The van der Waals surface area contributed by atoms with E-state index in [1.165, 1.54) is 71.1 Å². The van der Waals surface area contributed by atoms with E-state index in [9.17, 15) is 9.59 Å². The Labute approximate surface area is 209 Å². The Bertz CT molecular complexity index is 743. The van der Waals surface area contributed by atoms with Crippen molar-refractivity contribution in [2.24, 2.45) is 52.3 Å². The molecule has 4 rings (SSSR count). The maximum atomic E-state index is 12.1. The van der Waals surface area contributed by atoms with E-state index in [0.29, 0.717) is 16.7 Å². The zero-order valence-electron chi connectivity index (χ0n) is 23.0. The zero-order valence-corrected chi connectivity index (χ0v) is 23.0. The third-order valence-electron chi connectivity index (χ3n) is 11.5. The zero-order chi connectivity index (χ0) is 24.7. The first-order valence-electron chi connectivity index (χ1n) is 14.7. The SMILES string of the molecule is CC(=O)CC(=O)O[C@H]1CC[C@@]2(C)[C@@H](CC[C@@H]3[C@@H]2CC[C@]2(C)[C@@H]([C@@H](C)CCCC(C)C)CC[C@@H]32)C1. The summed E-state index contributed by atoms with van der Waals surface area (Å²) in [6.07, 6.45) is 15.8. The minimum Gasteiger partial charge on any atom is -0.462 e. The van der Waals surface area contributed by atoms with Crippen LogP contribution in [0.15, 0.2) is 0 Å². The largest absolute Gasteiger partial charge is 0.462 e. The second-order valence-electron chi connectivity index (χ2n) is 14.0. The van der Waals surface area contributed by atoms with Crippen molar-refractivity contribution in [1.82, 2.24) is 0 Å². The lowest BCUT2D eigenvalue weighted by Gasteiger charge is -2.61. The van der Waals surface area contributed by atoms with Crippen molar-refractivity contribution >= 4 is 11.8 Å². The van der Waals surface area contributed by atoms with Gasteiger partial charge in [-0.1, -0.05) is 53.9 Å². The highest BCUT2D eigenvalue weighted by molar-refractivity contribution is 5.94. The molecular weight excluding hydrogens is 420 g/mol. The van der Waals surface area contributed by atoms with Crippen molar-refractivity contribution in [3.05, 3.63) is 0 Å². The summed E-state index contributed by atoms with van der Waals surface area (Å²) in [5, 5.41) is 0. The molecule has 0 amide bonds. The van der Waals surface area contributed by atoms with Gasteiger partial charge in [-0.15, -0.1) is 0 Å². The second-order valence-corrected chi connectivity index (χ2v) is 14.0. The second kappa shape index (κ2) is 10.3. The van der Waals surface area contributed by atoms with Gasteiger partial charge in [-0.2, -0.15) is 0 Å².